The lowest BCUT2D eigenvalue weighted by Crippen LogP contribution is -3.16. The smallest absolute Gasteiger partial charge is 0.364 e. The first-order valence-corrected chi connectivity index (χ1v) is 7.91. The van der Waals surface area contributed by atoms with Crippen molar-refractivity contribution in [2.75, 3.05) is 27.4 Å². The molecule has 5 heteroatoms. The minimum absolute atomic E-state index is 0.0791. The second-order valence-electron chi connectivity index (χ2n) is 5.56. The molecule has 1 N–H and O–H groups in total. The highest BCUT2D eigenvalue weighted by Gasteiger charge is 2.34. The summed E-state index contributed by atoms with van der Waals surface area (Å²) < 4.78 is 16.0. The largest absolute Gasteiger partial charge is 0.497 e. The molecule has 0 aliphatic carbocycles. The molecular weight excluding hydrogens is 282 g/mol. The molecule has 1 aliphatic heterocycles. The Balaban J connectivity index is 2.17. The van der Waals surface area contributed by atoms with Crippen LogP contribution < -0.4 is 14.4 Å². The number of carbonyl (C=O) groups is 1. The van der Waals surface area contributed by atoms with E-state index in [1.54, 1.807) is 14.2 Å². The molecule has 22 heavy (non-hydrogen) atoms. The van der Waals surface area contributed by atoms with Crippen molar-refractivity contribution >= 4 is 5.97 Å². The monoisotopic (exact) mass is 308 g/mol. The first-order valence-electron chi connectivity index (χ1n) is 7.91. The lowest BCUT2D eigenvalue weighted by Gasteiger charge is -2.31. The molecule has 0 bridgehead atoms. The topological polar surface area (TPSA) is 49.2 Å². The SMILES string of the molecule is CCOC(=O)[C@H]1CCCC[NH+]1Cc1cc(OC)ccc1OC. The Morgan fingerprint density at radius 3 is 2.77 bits per heavy atom. The van der Waals surface area contributed by atoms with Gasteiger partial charge in [0.05, 0.1) is 32.9 Å². The van der Waals surface area contributed by atoms with Crippen molar-refractivity contribution in [1.82, 2.24) is 0 Å². The summed E-state index contributed by atoms with van der Waals surface area (Å²) in [7, 11) is 3.32. The van der Waals surface area contributed by atoms with Crippen LogP contribution in [-0.2, 0) is 16.1 Å². The molecule has 0 radical (unpaired) electrons. The van der Waals surface area contributed by atoms with Gasteiger partial charge in [-0.25, -0.2) is 4.79 Å². The number of likely N-dealkylation sites (tertiary alicyclic amines) is 1. The Hall–Kier alpha value is -1.75. The zero-order chi connectivity index (χ0) is 15.9. The van der Waals surface area contributed by atoms with Gasteiger partial charge in [-0.15, -0.1) is 0 Å². The van der Waals surface area contributed by atoms with Gasteiger partial charge in [0.1, 0.15) is 18.0 Å². The Morgan fingerprint density at radius 2 is 2.09 bits per heavy atom. The van der Waals surface area contributed by atoms with E-state index in [0.717, 1.165) is 49.4 Å². The summed E-state index contributed by atoms with van der Waals surface area (Å²) in [6.07, 6.45) is 3.11. The number of piperidine rings is 1. The Bertz CT molecular complexity index is 503. The van der Waals surface area contributed by atoms with E-state index in [-0.39, 0.29) is 12.0 Å². The molecule has 0 saturated carbocycles. The molecule has 1 unspecified atom stereocenters. The van der Waals surface area contributed by atoms with Crippen LogP contribution in [-0.4, -0.2) is 39.4 Å². The molecule has 1 aliphatic rings. The predicted molar refractivity (Wildman–Crippen MR) is 83.4 cm³/mol. The third-order valence-electron chi connectivity index (χ3n) is 4.21. The van der Waals surface area contributed by atoms with Gasteiger partial charge in [0, 0.05) is 6.42 Å². The second kappa shape index (κ2) is 8.03. The maximum Gasteiger partial charge on any atom is 0.364 e. The second-order valence-corrected chi connectivity index (χ2v) is 5.56. The number of hydrogen-bond acceptors (Lipinski definition) is 4. The predicted octanol–water partition coefficient (Wildman–Crippen LogP) is 1.20. The first-order chi connectivity index (χ1) is 10.7. The summed E-state index contributed by atoms with van der Waals surface area (Å²) in [5.41, 5.74) is 1.06. The molecule has 2 atom stereocenters. The van der Waals surface area contributed by atoms with Crippen molar-refractivity contribution in [3.8, 4) is 11.5 Å². The summed E-state index contributed by atoms with van der Waals surface area (Å²) >= 11 is 0. The van der Waals surface area contributed by atoms with Crippen LogP contribution in [0.15, 0.2) is 18.2 Å². The van der Waals surface area contributed by atoms with Gasteiger partial charge in [-0.1, -0.05) is 0 Å². The van der Waals surface area contributed by atoms with Crippen molar-refractivity contribution in [1.29, 1.82) is 0 Å². The van der Waals surface area contributed by atoms with E-state index >= 15 is 0 Å². The first kappa shape index (κ1) is 16.6. The van der Waals surface area contributed by atoms with Gasteiger partial charge < -0.3 is 19.1 Å². The number of quaternary nitrogens is 1. The highest BCUT2D eigenvalue weighted by atomic mass is 16.5. The zero-order valence-electron chi connectivity index (χ0n) is 13.7. The number of ether oxygens (including phenoxy) is 3. The average Bonchev–Trinajstić information content (AvgIpc) is 2.55. The van der Waals surface area contributed by atoms with E-state index in [9.17, 15) is 4.79 Å². The summed E-state index contributed by atoms with van der Waals surface area (Å²) in [6.45, 7) is 4.00. The van der Waals surface area contributed by atoms with E-state index in [2.05, 4.69) is 0 Å². The Labute approximate surface area is 132 Å². The van der Waals surface area contributed by atoms with Gasteiger partial charge in [-0.3, -0.25) is 0 Å². The van der Waals surface area contributed by atoms with Crippen molar-refractivity contribution in [3.63, 3.8) is 0 Å². The number of rotatable bonds is 6. The highest BCUT2D eigenvalue weighted by Crippen LogP contribution is 2.23. The van der Waals surface area contributed by atoms with Crippen LogP contribution in [0.1, 0.15) is 31.7 Å². The average molecular weight is 308 g/mol. The number of esters is 1. The number of hydrogen-bond donors (Lipinski definition) is 1. The summed E-state index contributed by atoms with van der Waals surface area (Å²) in [6, 6.07) is 5.71. The summed E-state index contributed by atoms with van der Waals surface area (Å²) in [4.78, 5) is 13.4. The molecular formula is C17H26NO4+. The van der Waals surface area contributed by atoms with Crippen molar-refractivity contribution in [2.45, 2.75) is 38.8 Å². The van der Waals surface area contributed by atoms with Crippen LogP contribution in [0.2, 0.25) is 0 Å². The van der Waals surface area contributed by atoms with E-state index in [4.69, 9.17) is 14.2 Å². The van der Waals surface area contributed by atoms with E-state index < -0.39 is 0 Å². The number of methoxy groups -OCH3 is 2. The van der Waals surface area contributed by atoms with Crippen molar-refractivity contribution in [3.05, 3.63) is 23.8 Å². The Kier molecular flexibility index (Phi) is 6.07. The van der Waals surface area contributed by atoms with Crippen LogP contribution in [0.3, 0.4) is 0 Å². The summed E-state index contributed by atoms with van der Waals surface area (Å²) in [5.74, 6) is 1.56. The molecule has 1 aromatic carbocycles. The van der Waals surface area contributed by atoms with Gasteiger partial charge in [0.2, 0.25) is 0 Å². The molecule has 1 aromatic rings. The zero-order valence-corrected chi connectivity index (χ0v) is 13.7. The fourth-order valence-electron chi connectivity index (χ4n) is 3.08. The fraction of sp³-hybridized carbons (Fsp3) is 0.588. The van der Waals surface area contributed by atoms with Crippen LogP contribution in [0, 0.1) is 0 Å². The van der Waals surface area contributed by atoms with Crippen LogP contribution in [0.4, 0.5) is 0 Å². The number of nitrogens with one attached hydrogen (secondary N) is 1. The van der Waals surface area contributed by atoms with Crippen LogP contribution in [0.25, 0.3) is 0 Å². The molecule has 2 rings (SSSR count). The number of carbonyl (C=O) groups excluding carboxylic acids is 1. The fourth-order valence-corrected chi connectivity index (χ4v) is 3.08. The molecule has 122 valence electrons. The van der Waals surface area contributed by atoms with Gasteiger partial charge in [-0.2, -0.15) is 0 Å². The van der Waals surface area contributed by atoms with E-state index in [0.29, 0.717) is 6.61 Å². The normalized spacial score (nSPS) is 21.2. The standard InChI is InChI=1S/C17H25NO4/c1-4-22-17(19)15-7-5-6-10-18(15)12-13-11-14(20-2)8-9-16(13)21-3/h8-9,11,15H,4-7,10,12H2,1-3H3/p+1/t15-/m1/s1. The van der Waals surface area contributed by atoms with E-state index in [1.165, 1.54) is 4.90 Å². The lowest BCUT2D eigenvalue weighted by molar-refractivity contribution is -0.935. The third-order valence-corrected chi connectivity index (χ3v) is 4.21. The molecule has 5 nitrogen and oxygen atoms in total. The molecule has 1 fully saturated rings. The van der Waals surface area contributed by atoms with Crippen LogP contribution in [0.5, 0.6) is 11.5 Å². The highest BCUT2D eigenvalue weighted by molar-refractivity contribution is 5.74. The van der Waals surface area contributed by atoms with Crippen molar-refractivity contribution in [2.24, 2.45) is 0 Å². The van der Waals surface area contributed by atoms with Gasteiger partial charge in [0.15, 0.2) is 6.04 Å². The molecule has 1 saturated heterocycles. The van der Waals surface area contributed by atoms with E-state index in [1.807, 2.05) is 25.1 Å². The lowest BCUT2D eigenvalue weighted by atomic mass is 10.0. The maximum absolute atomic E-state index is 12.2. The maximum atomic E-state index is 12.2. The molecule has 1 heterocycles. The quantitative estimate of drug-likeness (QED) is 0.803. The van der Waals surface area contributed by atoms with Crippen molar-refractivity contribution < 1.29 is 23.9 Å². The third kappa shape index (κ3) is 3.91. The molecule has 0 amide bonds. The van der Waals surface area contributed by atoms with Crippen LogP contribution >= 0.6 is 0 Å². The summed E-state index contributed by atoms with van der Waals surface area (Å²) in [5, 5.41) is 0. The minimum Gasteiger partial charge on any atom is -0.497 e. The Morgan fingerprint density at radius 1 is 1.27 bits per heavy atom. The van der Waals surface area contributed by atoms with Gasteiger partial charge >= 0.3 is 5.97 Å². The van der Waals surface area contributed by atoms with Gasteiger partial charge in [0.25, 0.3) is 0 Å². The molecule has 0 spiro atoms. The molecule has 0 aromatic heterocycles. The minimum atomic E-state index is -0.0842. The number of benzene rings is 1. The van der Waals surface area contributed by atoms with Gasteiger partial charge in [-0.05, 0) is 38.0 Å².